The van der Waals surface area contributed by atoms with Crippen molar-refractivity contribution in [3.8, 4) is 16.9 Å². The first kappa shape index (κ1) is 24.1. The molecule has 3 fully saturated rings. The number of hydrogen-bond acceptors (Lipinski definition) is 4. The second-order valence-electron chi connectivity index (χ2n) is 11.1. The number of fused-ring (bicyclic) bond motifs is 4. The standard InChI is InChI=1S/C29H37FN2O3/c1-4-5-14-34-22-8-6-19(7-9-22)23-15-21-17-29(2,3)27(24(21)16-25(23)30)31-28(33)35-26-18-32-12-10-20(26)11-13-32/h6-9,15-16,20,26-27H,4-5,10-14,17-18H2,1-3H3,(H,31,33)/t26-,27?/m1/s1. The molecule has 0 aromatic heterocycles. The van der Waals surface area contributed by atoms with Crippen LogP contribution < -0.4 is 10.1 Å². The summed E-state index contributed by atoms with van der Waals surface area (Å²) in [6.45, 7) is 10.1. The van der Waals surface area contributed by atoms with Gasteiger partial charge in [-0.1, -0.05) is 39.3 Å². The van der Waals surface area contributed by atoms with Crippen molar-refractivity contribution in [3.05, 3.63) is 53.3 Å². The zero-order valence-electron chi connectivity index (χ0n) is 21.1. The normalized spacial score (nSPS) is 26.3. The van der Waals surface area contributed by atoms with Gasteiger partial charge in [-0.3, -0.25) is 4.90 Å². The molecule has 6 rings (SSSR count). The Hall–Kier alpha value is -2.60. The van der Waals surface area contributed by atoms with Crippen LogP contribution >= 0.6 is 0 Å². The minimum atomic E-state index is -0.391. The summed E-state index contributed by atoms with van der Waals surface area (Å²) >= 11 is 0. The molecule has 1 amide bonds. The van der Waals surface area contributed by atoms with Crippen LogP contribution in [0.3, 0.4) is 0 Å². The molecule has 1 N–H and O–H groups in total. The molecule has 2 aromatic carbocycles. The van der Waals surface area contributed by atoms with E-state index in [1.54, 1.807) is 6.07 Å². The molecule has 4 aliphatic rings. The number of carbonyl (C=O) groups excluding carboxylic acids is 1. The van der Waals surface area contributed by atoms with E-state index in [-0.39, 0.29) is 23.4 Å². The van der Waals surface area contributed by atoms with Gasteiger partial charge in [-0.2, -0.15) is 0 Å². The van der Waals surface area contributed by atoms with Crippen LogP contribution in [0.2, 0.25) is 0 Å². The number of benzene rings is 2. The number of hydrogen-bond donors (Lipinski definition) is 1. The van der Waals surface area contributed by atoms with Gasteiger partial charge in [0.25, 0.3) is 0 Å². The number of rotatable bonds is 7. The van der Waals surface area contributed by atoms with Crippen molar-refractivity contribution in [1.82, 2.24) is 10.2 Å². The average Bonchev–Trinajstić information content (AvgIpc) is 3.08. The summed E-state index contributed by atoms with van der Waals surface area (Å²) in [5.74, 6) is 0.979. The fourth-order valence-corrected chi connectivity index (χ4v) is 5.96. The first-order chi connectivity index (χ1) is 16.8. The molecule has 35 heavy (non-hydrogen) atoms. The van der Waals surface area contributed by atoms with E-state index in [4.69, 9.17) is 9.47 Å². The van der Waals surface area contributed by atoms with Gasteiger partial charge in [-0.25, -0.2) is 9.18 Å². The Labute approximate surface area is 208 Å². The van der Waals surface area contributed by atoms with Gasteiger partial charge in [0.15, 0.2) is 0 Å². The number of carbonyl (C=O) groups is 1. The van der Waals surface area contributed by atoms with Gasteiger partial charge in [0.1, 0.15) is 17.7 Å². The van der Waals surface area contributed by atoms with Gasteiger partial charge in [-0.05, 0) is 91.1 Å². The predicted molar refractivity (Wildman–Crippen MR) is 135 cm³/mol. The van der Waals surface area contributed by atoms with E-state index in [0.29, 0.717) is 18.1 Å². The third-order valence-corrected chi connectivity index (χ3v) is 8.02. The van der Waals surface area contributed by atoms with Crippen LogP contribution in [0.1, 0.15) is 63.6 Å². The van der Waals surface area contributed by atoms with Crippen molar-refractivity contribution in [2.24, 2.45) is 11.3 Å². The Kier molecular flexibility index (Phi) is 6.75. The Bertz CT molecular complexity index is 1060. The van der Waals surface area contributed by atoms with Crippen molar-refractivity contribution in [3.63, 3.8) is 0 Å². The summed E-state index contributed by atoms with van der Waals surface area (Å²) in [5, 5.41) is 3.09. The van der Waals surface area contributed by atoms with E-state index in [1.165, 1.54) is 0 Å². The molecule has 2 aromatic rings. The number of halogens is 1. The fraction of sp³-hybridized carbons (Fsp3) is 0.552. The molecule has 1 aliphatic carbocycles. The van der Waals surface area contributed by atoms with Gasteiger partial charge in [0.05, 0.1) is 12.6 Å². The minimum absolute atomic E-state index is 0.0467. The summed E-state index contributed by atoms with van der Waals surface area (Å²) in [4.78, 5) is 15.3. The van der Waals surface area contributed by atoms with Crippen LogP contribution in [0, 0.1) is 17.2 Å². The van der Waals surface area contributed by atoms with Crippen LogP contribution in [0.4, 0.5) is 9.18 Å². The summed E-state index contributed by atoms with van der Waals surface area (Å²) < 4.78 is 26.9. The van der Waals surface area contributed by atoms with Gasteiger partial charge in [-0.15, -0.1) is 0 Å². The van der Waals surface area contributed by atoms with Crippen LogP contribution in [-0.4, -0.2) is 43.3 Å². The maximum absolute atomic E-state index is 15.3. The van der Waals surface area contributed by atoms with Crippen molar-refractivity contribution in [2.75, 3.05) is 26.2 Å². The molecular formula is C29H37FN2O3. The Morgan fingerprint density at radius 2 is 1.91 bits per heavy atom. The lowest BCUT2D eigenvalue weighted by atomic mass is 9.85. The number of ether oxygens (including phenoxy) is 2. The van der Waals surface area contributed by atoms with Crippen molar-refractivity contribution < 1.29 is 18.7 Å². The third-order valence-electron chi connectivity index (χ3n) is 8.02. The number of alkyl carbamates (subject to hydrolysis) is 1. The highest BCUT2D eigenvalue weighted by Gasteiger charge is 2.42. The first-order valence-corrected chi connectivity index (χ1v) is 13.1. The zero-order chi connectivity index (χ0) is 24.6. The van der Waals surface area contributed by atoms with Crippen LogP contribution in [0.15, 0.2) is 36.4 Å². The molecule has 0 spiro atoms. The molecule has 3 saturated heterocycles. The lowest BCUT2D eigenvalue weighted by Crippen LogP contribution is -2.53. The Morgan fingerprint density at radius 3 is 2.57 bits per heavy atom. The monoisotopic (exact) mass is 480 g/mol. The molecule has 0 saturated carbocycles. The molecule has 1 unspecified atom stereocenters. The number of nitrogens with one attached hydrogen (secondary N) is 1. The zero-order valence-corrected chi connectivity index (χ0v) is 21.1. The highest BCUT2D eigenvalue weighted by atomic mass is 19.1. The number of amides is 1. The Balaban J connectivity index is 1.30. The van der Waals surface area contributed by atoms with E-state index in [0.717, 1.165) is 74.2 Å². The number of unbranched alkanes of at least 4 members (excludes halogenated alkanes) is 1. The number of piperidine rings is 3. The highest BCUT2D eigenvalue weighted by molar-refractivity contribution is 5.70. The molecule has 2 bridgehead atoms. The predicted octanol–water partition coefficient (Wildman–Crippen LogP) is 6.12. The van der Waals surface area contributed by atoms with E-state index >= 15 is 4.39 Å². The summed E-state index contributed by atoms with van der Waals surface area (Å²) in [7, 11) is 0. The average molecular weight is 481 g/mol. The highest BCUT2D eigenvalue weighted by Crippen LogP contribution is 2.47. The fourth-order valence-electron chi connectivity index (χ4n) is 5.96. The Morgan fingerprint density at radius 1 is 1.17 bits per heavy atom. The van der Waals surface area contributed by atoms with Crippen molar-refractivity contribution in [2.45, 2.75) is 65.0 Å². The van der Waals surface area contributed by atoms with Crippen LogP contribution in [-0.2, 0) is 11.2 Å². The molecule has 188 valence electrons. The molecule has 0 radical (unpaired) electrons. The van der Waals surface area contributed by atoms with Crippen LogP contribution in [0.5, 0.6) is 5.75 Å². The molecule has 2 atom stereocenters. The van der Waals surface area contributed by atoms with Gasteiger partial charge >= 0.3 is 6.09 Å². The minimum Gasteiger partial charge on any atom is -0.494 e. The third kappa shape index (κ3) is 5.04. The smallest absolute Gasteiger partial charge is 0.407 e. The largest absolute Gasteiger partial charge is 0.494 e. The molecule has 6 heteroatoms. The topological polar surface area (TPSA) is 50.8 Å². The van der Waals surface area contributed by atoms with E-state index in [2.05, 4.69) is 31.0 Å². The summed E-state index contributed by atoms with van der Waals surface area (Å²) in [6, 6.07) is 10.9. The SMILES string of the molecule is CCCCOc1ccc(-c2cc3c(cc2F)C(NC(=O)O[C@@H]2CN4CCC2CC4)C(C)(C)C3)cc1. The quantitative estimate of drug-likeness (QED) is 0.486. The van der Waals surface area contributed by atoms with E-state index < -0.39 is 6.09 Å². The van der Waals surface area contributed by atoms with E-state index in [9.17, 15) is 4.79 Å². The second-order valence-corrected chi connectivity index (χ2v) is 11.1. The lowest BCUT2D eigenvalue weighted by Gasteiger charge is -2.44. The van der Waals surface area contributed by atoms with Gasteiger partial charge in [0.2, 0.25) is 0 Å². The van der Waals surface area contributed by atoms with Crippen molar-refractivity contribution >= 4 is 6.09 Å². The molecule has 5 nitrogen and oxygen atoms in total. The first-order valence-electron chi connectivity index (χ1n) is 13.1. The molecule has 3 heterocycles. The summed E-state index contributed by atoms with van der Waals surface area (Å²) in [5.41, 5.74) is 3.09. The molecule has 3 aliphatic heterocycles. The number of nitrogens with zero attached hydrogens (tertiary/aromatic N) is 1. The van der Waals surface area contributed by atoms with E-state index in [1.807, 2.05) is 30.3 Å². The van der Waals surface area contributed by atoms with Crippen molar-refractivity contribution in [1.29, 1.82) is 0 Å². The molecular weight excluding hydrogens is 443 g/mol. The maximum Gasteiger partial charge on any atom is 0.407 e. The maximum atomic E-state index is 15.3. The summed E-state index contributed by atoms with van der Waals surface area (Å²) in [6.07, 6.45) is 4.61. The lowest BCUT2D eigenvalue weighted by molar-refractivity contribution is -0.0349. The second kappa shape index (κ2) is 9.81. The van der Waals surface area contributed by atoms with Crippen LogP contribution in [0.25, 0.3) is 11.1 Å². The van der Waals surface area contributed by atoms with Gasteiger partial charge in [0, 0.05) is 12.1 Å². The van der Waals surface area contributed by atoms with Gasteiger partial charge < -0.3 is 14.8 Å².